The van der Waals surface area contributed by atoms with Crippen LogP contribution < -0.4 is 4.74 Å². The zero-order chi connectivity index (χ0) is 13.8. The molecule has 0 heterocycles. The molecule has 2 aromatic carbocycles. The quantitative estimate of drug-likeness (QED) is 0.857. The fraction of sp³-hybridized carbons (Fsp3) is 0.133. The van der Waals surface area contributed by atoms with Gasteiger partial charge in [-0.1, -0.05) is 17.7 Å². The Balaban J connectivity index is 2.32. The topological polar surface area (TPSA) is 41.8 Å². The molecule has 0 spiro atoms. The fourth-order valence-corrected chi connectivity index (χ4v) is 1.94. The van der Waals surface area contributed by atoms with Crippen LogP contribution in [0.2, 0.25) is 5.02 Å². The van der Waals surface area contributed by atoms with Crippen LogP contribution >= 0.6 is 11.6 Å². The Morgan fingerprint density at radius 1 is 1.26 bits per heavy atom. The highest BCUT2D eigenvalue weighted by atomic mass is 35.5. The number of halogens is 1. The Hall–Kier alpha value is -2.00. The molecular weight excluding hydrogens is 262 g/mol. The standard InChI is InChI=1S/C15H14ClNO2/c1-10-8-12(16)6-7-13(10)17-9-11-4-3-5-14(19-2)15(11)18/h3-9,18H,1-2H3. The molecule has 0 radical (unpaired) electrons. The van der Waals surface area contributed by atoms with E-state index in [1.807, 2.05) is 19.1 Å². The van der Waals surface area contributed by atoms with E-state index in [-0.39, 0.29) is 5.75 Å². The smallest absolute Gasteiger partial charge is 0.166 e. The molecular formula is C15H14ClNO2. The normalized spacial score (nSPS) is 10.9. The van der Waals surface area contributed by atoms with Crippen molar-refractivity contribution in [2.45, 2.75) is 6.92 Å². The molecule has 0 aliphatic heterocycles. The largest absolute Gasteiger partial charge is 0.504 e. The van der Waals surface area contributed by atoms with Crippen molar-refractivity contribution in [3.8, 4) is 11.5 Å². The number of aliphatic imine (C=N–C) groups is 1. The Labute approximate surface area is 117 Å². The number of aryl methyl sites for hydroxylation is 1. The third-order valence-corrected chi connectivity index (χ3v) is 2.99. The molecule has 0 amide bonds. The van der Waals surface area contributed by atoms with Crippen LogP contribution in [0.15, 0.2) is 41.4 Å². The number of hydrogen-bond acceptors (Lipinski definition) is 3. The summed E-state index contributed by atoms with van der Waals surface area (Å²) in [6.45, 7) is 1.93. The van der Waals surface area contributed by atoms with Gasteiger partial charge < -0.3 is 9.84 Å². The zero-order valence-electron chi connectivity index (χ0n) is 10.7. The lowest BCUT2D eigenvalue weighted by molar-refractivity contribution is 0.373. The van der Waals surface area contributed by atoms with Gasteiger partial charge in [0.05, 0.1) is 12.8 Å². The molecule has 0 fully saturated rings. The number of phenols is 1. The van der Waals surface area contributed by atoms with Crippen molar-refractivity contribution in [3.05, 3.63) is 52.5 Å². The summed E-state index contributed by atoms with van der Waals surface area (Å²) in [7, 11) is 1.51. The summed E-state index contributed by atoms with van der Waals surface area (Å²) in [6, 6.07) is 10.7. The van der Waals surface area contributed by atoms with Crippen molar-refractivity contribution < 1.29 is 9.84 Å². The maximum Gasteiger partial charge on any atom is 0.166 e. The van der Waals surface area contributed by atoms with Gasteiger partial charge in [0.2, 0.25) is 0 Å². The van der Waals surface area contributed by atoms with Crippen LogP contribution in [0.5, 0.6) is 11.5 Å². The minimum Gasteiger partial charge on any atom is -0.504 e. The van der Waals surface area contributed by atoms with Crippen LogP contribution in [0.4, 0.5) is 5.69 Å². The summed E-state index contributed by atoms with van der Waals surface area (Å²) in [5.41, 5.74) is 2.39. The van der Waals surface area contributed by atoms with Crippen molar-refractivity contribution in [2.75, 3.05) is 7.11 Å². The summed E-state index contributed by atoms with van der Waals surface area (Å²) >= 11 is 5.89. The van der Waals surface area contributed by atoms with Crippen molar-refractivity contribution in [3.63, 3.8) is 0 Å². The number of rotatable bonds is 3. The first-order valence-corrected chi connectivity index (χ1v) is 6.16. The van der Waals surface area contributed by atoms with Crippen LogP contribution in [0.25, 0.3) is 0 Å². The number of phenolic OH excluding ortho intramolecular Hbond substituents is 1. The highest BCUT2D eigenvalue weighted by molar-refractivity contribution is 6.30. The van der Waals surface area contributed by atoms with Gasteiger partial charge in [0.25, 0.3) is 0 Å². The summed E-state index contributed by atoms with van der Waals surface area (Å²) in [5.74, 6) is 0.511. The summed E-state index contributed by atoms with van der Waals surface area (Å²) in [6.07, 6.45) is 1.61. The van der Waals surface area contributed by atoms with Gasteiger partial charge in [0, 0.05) is 16.8 Å². The average molecular weight is 276 g/mol. The molecule has 1 N–H and O–H groups in total. The third kappa shape index (κ3) is 3.06. The Morgan fingerprint density at radius 3 is 2.74 bits per heavy atom. The van der Waals surface area contributed by atoms with Crippen LogP contribution in [0.3, 0.4) is 0 Å². The van der Waals surface area contributed by atoms with Gasteiger partial charge >= 0.3 is 0 Å². The van der Waals surface area contributed by atoms with Crippen molar-refractivity contribution in [1.29, 1.82) is 0 Å². The molecule has 3 nitrogen and oxygen atoms in total. The first kappa shape index (κ1) is 13.4. The van der Waals surface area contributed by atoms with Gasteiger partial charge in [-0.2, -0.15) is 0 Å². The number of para-hydroxylation sites is 1. The van der Waals surface area contributed by atoms with Crippen molar-refractivity contribution in [1.82, 2.24) is 0 Å². The van der Waals surface area contributed by atoms with Gasteiger partial charge in [-0.3, -0.25) is 4.99 Å². The molecule has 19 heavy (non-hydrogen) atoms. The number of methoxy groups -OCH3 is 1. The molecule has 0 aromatic heterocycles. The number of benzene rings is 2. The van der Waals surface area contributed by atoms with Crippen LogP contribution in [-0.4, -0.2) is 18.4 Å². The zero-order valence-corrected chi connectivity index (χ0v) is 11.5. The number of aromatic hydroxyl groups is 1. The molecule has 4 heteroatoms. The van der Waals surface area contributed by atoms with Gasteiger partial charge in [-0.05, 0) is 42.8 Å². The van der Waals surface area contributed by atoms with Crippen molar-refractivity contribution in [2.24, 2.45) is 4.99 Å². The van der Waals surface area contributed by atoms with E-state index in [0.29, 0.717) is 16.3 Å². The highest BCUT2D eigenvalue weighted by Gasteiger charge is 2.05. The monoisotopic (exact) mass is 275 g/mol. The minimum absolute atomic E-state index is 0.0837. The fourth-order valence-electron chi connectivity index (χ4n) is 1.71. The maximum atomic E-state index is 9.94. The number of nitrogens with zero attached hydrogens (tertiary/aromatic N) is 1. The van der Waals surface area contributed by atoms with Gasteiger partial charge in [-0.15, -0.1) is 0 Å². The summed E-state index contributed by atoms with van der Waals surface area (Å²) in [4.78, 5) is 4.35. The molecule has 2 aromatic rings. The molecule has 0 aliphatic rings. The van der Waals surface area contributed by atoms with Crippen LogP contribution in [0.1, 0.15) is 11.1 Å². The van der Waals surface area contributed by atoms with E-state index in [4.69, 9.17) is 16.3 Å². The molecule has 0 aliphatic carbocycles. The minimum atomic E-state index is 0.0837. The van der Waals surface area contributed by atoms with E-state index in [1.54, 1.807) is 30.5 Å². The predicted molar refractivity (Wildman–Crippen MR) is 78.1 cm³/mol. The van der Waals surface area contributed by atoms with Gasteiger partial charge in [0.1, 0.15) is 0 Å². The Morgan fingerprint density at radius 2 is 2.05 bits per heavy atom. The molecule has 0 saturated heterocycles. The second-order valence-electron chi connectivity index (χ2n) is 4.09. The van der Waals surface area contributed by atoms with Gasteiger partial charge in [0.15, 0.2) is 11.5 Å². The summed E-state index contributed by atoms with van der Waals surface area (Å²) in [5, 5.41) is 10.6. The lowest BCUT2D eigenvalue weighted by Crippen LogP contribution is -1.88. The first-order valence-electron chi connectivity index (χ1n) is 5.78. The van der Waals surface area contributed by atoms with E-state index in [2.05, 4.69) is 4.99 Å². The SMILES string of the molecule is COc1cccc(C=Nc2ccc(Cl)cc2C)c1O. The Bertz CT molecular complexity index is 624. The molecule has 98 valence electrons. The Kier molecular flexibility index (Phi) is 4.07. The molecule has 0 bridgehead atoms. The molecule has 0 saturated carbocycles. The molecule has 0 atom stereocenters. The van der Waals surface area contributed by atoms with E-state index in [0.717, 1.165) is 11.3 Å². The third-order valence-electron chi connectivity index (χ3n) is 2.75. The van der Waals surface area contributed by atoms with Crippen LogP contribution in [0, 0.1) is 6.92 Å². The van der Waals surface area contributed by atoms with Crippen LogP contribution in [-0.2, 0) is 0 Å². The maximum absolute atomic E-state index is 9.94. The van der Waals surface area contributed by atoms with Crippen molar-refractivity contribution >= 4 is 23.5 Å². The van der Waals surface area contributed by atoms with E-state index >= 15 is 0 Å². The summed E-state index contributed by atoms with van der Waals surface area (Å²) < 4.78 is 5.05. The molecule has 2 rings (SSSR count). The van der Waals surface area contributed by atoms with E-state index in [9.17, 15) is 5.11 Å². The first-order chi connectivity index (χ1) is 9.11. The van der Waals surface area contributed by atoms with E-state index in [1.165, 1.54) is 7.11 Å². The number of hydrogen-bond donors (Lipinski definition) is 1. The van der Waals surface area contributed by atoms with E-state index < -0.39 is 0 Å². The second kappa shape index (κ2) is 5.76. The number of ether oxygens (including phenoxy) is 1. The lowest BCUT2D eigenvalue weighted by atomic mass is 10.2. The highest BCUT2D eigenvalue weighted by Crippen LogP contribution is 2.29. The molecule has 0 unspecified atom stereocenters. The lowest BCUT2D eigenvalue weighted by Gasteiger charge is -2.05. The second-order valence-corrected chi connectivity index (χ2v) is 4.52. The van der Waals surface area contributed by atoms with Gasteiger partial charge in [-0.25, -0.2) is 0 Å². The predicted octanol–water partition coefficient (Wildman–Crippen LogP) is 4.11. The average Bonchev–Trinajstić information content (AvgIpc) is 2.39.